The van der Waals surface area contributed by atoms with E-state index in [1.54, 1.807) is 13.8 Å². The highest BCUT2D eigenvalue weighted by molar-refractivity contribution is 5.95. The first-order valence-corrected chi connectivity index (χ1v) is 12.1. The average molecular weight is 531 g/mol. The van der Waals surface area contributed by atoms with Crippen LogP contribution in [0.3, 0.4) is 0 Å². The number of rotatable bonds is 19. The van der Waals surface area contributed by atoms with Gasteiger partial charge in [0, 0.05) is 6.54 Å². The van der Waals surface area contributed by atoms with Crippen molar-refractivity contribution < 1.29 is 34.2 Å². The number of hydrogen-bond acceptors (Lipinski definition) is 8. The molecule has 212 valence electrons. The summed E-state index contributed by atoms with van der Waals surface area (Å²) in [7, 11) is 0. The number of nitrogens with two attached hydrogens (primary N) is 4. The Balaban J connectivity index is 5.45. The minimum Gasteiger partial charge on any atom is -0.481 e. The molecule has 4 unspecified atom stereocenters. The molecule has 0 radical (unpaired) electrons. The van der Waals surface area contributed by atoms with Crippen LogP contribution in [0.25, 0.3) is 0 Å². The normalized spacial score (nSPS) is 14.1. The number of nitrogens with zero attached hydrogens (tertiary/aromatic N) is 1. The van der Waals surface area contributed by atoms with Gasteiger partial charge in [-0.2, -0.15) is 0 Å². The molecule has 0 saturated heterocycles. The van der Waals surface area contributed by atoms with Crippen LogP contribution in [0.1, 0.15) is 58.8 Å². The van der Waals surface area contributed by atoms with Gasteiger partial charge in [-0.1, -0.05) is 13.8 Å². The van der Waals surface area contributed by atoms with Crippen molar-refractivity contribution in [3.63, 3.8) is 0 Å². The van der Waals surface area contributed by atoms with Crippen molar-refractivity contribution in [3.05, 3.63) is 0 Å². The Morgan fingerprint density at radius 2 is 1.38 bits per heavy atom. The Morgan fingerprint density at radius 1 is 0.811 bits per heavy atom. The summed E-state index contributed by atoms with van der Waals surface area (Å²) in [5.74, 6) is -5.23. The molecular formula is C22H42N8O7. The van der Waals surface area contributed by atoms with E-state index in [4.69, 9.17) is 22.9 Å². The molecule has 0 aliphatic rings. The second kappa shape index (κ2) is 17.9. The number of hydrogen-bond donors (Lipinski definition) is 9. The third-order valence-electron chi connectivity index (χ3n) is 5.22. The van der Waals surface area contributed by atoms with Crippen molar-refractivity contribution >= 4 is 35.6 Å². The maximum Gasteiger partial charge on any atom is 0.326 e. The van der Waals surface area contributed by atoms with Crippen molar-refractivity contribution in [1.29, 1.82) is 0 Å². The third-order valence-corrected chi connectivity index (χ3v) is 5.22. The lowest BCUT2D eigenvalue weighted by Crippen LogP contribution is -2.57. The minimum absolute atomic E-state index is 0.0697. The van der Waals surface area contributed by atoms with Gasteiger partial charge < -0.3 is 49.1 Å². The summed E-state index contributed by atoms with van der Waals surface area (Å²) in [6, 6.07) is -4.93. The molecule has 0 aromatic carbocycles. The topological polar surface area (TPSA) is 278 Å². The van der Waals surface area contributed by atoms with Crippen LogP contribution in [0.15, 0.2) is 4.99 Å². The van der Waals surface area contributed by atoms with E-state index in [2.05, 4.69) is 20.9 Å². The van der Waals surface area contributed by atoms with Crippen molar-refractivity contribution in [2.24, 2.45) is 33.8 Å². The van der Waals surface area contributed by atoms with E-state index in [9.17, 15) is 34.2 Å². The summed E-state index contributed by atoms with van der Waals surface area (Å²) in [4.78, 5) is 64.9. The van der Waals surface area contributed by atoms with Gasteiger partial charge in [0.05, 0.1) is 12.5 Å². The summed E-state index contributed by atoms with van der Waals surface area (Å²) in [5, 5.41) is 25.7. The molecule has 0 spiro atoms. The molecule has 0 aliphatic carbocycles. The van der Waals surface area contributed by atoms with E-state index in [1.165, 1.54) is 0 Å². The van der Waals surface area contributed by atoms with Crippen molar-refractivity contribution in [2.75, 3.05) is 13.1 Å². The van der Waals surface area contributed by atoms with E-state index >= 15 is 0 Å². The zero-order valence-electron chi connectivity index (χ0n) is 21.4. The zero-order valence-corrected chi connectivity index (χ0v) is 21.4. The molecule has 15 nitrogen and oxygen atoms in total. The van der Waals surface area contributed by atoms with Gasteiger partial charge in [0.2, 0.25) is 17.7 Å². The van der Waals surface area contributed by atoms with Crippen LogP contribution in [-0.4, -0.2) is 83.1 Å². The van der Waals surface area contributed by atoms with E-state index < -0.39 is 60.2 Å². The second-order valence-electron chi connectivity index (χ2n) is 9.09. The van der Waals surface area contributed by atoms with E-state index in [0.717, 1.165) is 0 Å². The van der Waals surface area contributed by atoms with E-state index in [0.29, 0.717) is 25.8 Å². The van der Waals surface area contributed by atoms with Gasteiger partial charge in [-0.05, 0) is 51.0 Å². The summed E-state index contributed by atoms with van der Waals surface area (Å²) >= 11 is 0. The number of amides is 3. The van der Waals surface area contributed by atoms with Crippen LogP contribution >= 0.6 is 0 Å². The van der Waals surface area contributed by atoms with Gasteiger partial charge >= 0.3 is 11.9 Å². The number of carboxylic acids is 2. The van der Waals surface area contributed by atoms with Crippen molar-refractivity contribution in [3.8, 4) is 0 Å². The predicted octanol–water partition coefficient (Wildman–Crippen LogP) is -2.44. The highest BCUT2D eigenvalue weighted by atomic mass is 16.4. The van der Waals surface area contributed by atoms with Gasteiger partial charge in [-0.3, -0.25) is 24.2 Å². The maximum absolute atomic E-state index is 13.0. The van der Waals surface area contributed by atoms with E-state index in [1.807, 2.05) is 0 Å². The van der Waals surface area contributed by atoms with Gasteiger partial charge in [0.25, 0.3) is 0 Å². The molecule has 0 saturated carbocycles. The van der Waals surface area contributed by atoms with Gasteiger partial charge in [-0.25, -0.2) is 4.79 Å². The quantitative estimate of drug-likeness (QED) is 0.0480. The number of carbonyl (C=O) groups is 5. The Hall–Kier alpha value is -3.46. The summed E-state index contributed by atoms with van der Waals surface area (Å²) in [6.45, 7) is 4.14. The van der Waals surface area contributed by atoms with Crippen molar-refractivity contribution in [1.82, 2.24) is 16.0 Å². The van der Waals surface area contributed by atoms with Gasteiger partial charge in [-0.15, -0.1) is 0 Å². The van der Waals surface area contributed by atoms with Gasteiger partial charge in [0.15, 0.2) is 5.96 Å². The standard InChI is InChI=1S/C22H42N8O7/c1-12(2)10-16(21(36)37)30-20(35)15(11-17(31)32)29-19(34)14(7-3-4-8-23)28-18(33)13(24)6-5-9-27-22(25)26/h12-16H,3-11,23-24H2,1-2H3,(H,28,33)(H,29,34)(H,30,35)(H,31,32)(H,36,37)(H4,25,26,27). The minimum atomic E-state index is -1.57. The lowest BCUT2D eigenvalue weighted by atomic mass is 10.0. The number of guanidine groups is 1. The SMILES string of the molecule is CC(C)CC(NC(=O)C(CC(=O)O)NC(=O)C(CCCCN)NC(=O)C(N)CCCN=C(N)N)C(=O)O. The molecule has 15 heteroatoms. The maximum atomic E-state index is 13.0. The van der Waals surface area contributed by atoms with Crippen LogP contribution in [0.2, 0.25) is 0 Å². The van der Waals surface area contributed by atoms with Crippen LogP contribution < -0.4 is 38.9 Å². The lowest BCUT2D eigenvalue weighted by Gasteiger charge is -2.25. The fraction of sp³-hybridized carbons (Fsp3) is 0.727. The fourth-order valence-corrected chi connectivity index (χ4v) is 3.31. The number of unbranched alkanes of at least 4 members (excludes halogenated alkanes) is 1. The van der Waals surface area contributed by atoms with Crippen LogP contribution in [0.4, 0.5) is 0 Å². The average Bonchev–Trinajstić information content (AvgIpc) is 2.79. The first-order chi connectivity index (χ1) is 17.3. The summed E-state index contributed by atoms with van der Waals surface area (Å²) in [6.07, 6.45) is 1.13. The Labute approximate surface area is 216 Å². The molecule has 0 bridgehead atoms. The van der Waals surface area contributed by atoms with Crippen LogP contribution in [-0.2, 0) is 24.0 Å². The molecule has 0 aliphatic heterocycles. The molecular weight excluding hydrogens is 488 g/mol. The van der Waals surface area contributed by atoms with Crippen LogP contribution in [0.5, 0.6) is 0 Å². The predicted molar refractivity (Wildman–Crippen MR) is 136 cm³/mol. The smallest absolute Gasteiger partial charge is 0.326 e. The Kier molecular flexibility index (Phi) is 16.2. The molecule has 0 fully saturated rings. The number of carboxylic acid groups (broad SMARTS) is 2. The number of aliphatic carboxylic acids is 2. The first-order valence-electron chi connectivity index (χ1n) is 12.1. The molecule has 0 aromatic rings. The van der Waals surface area contributed by atoms with E-state index in [-0.39, 0.29) is 37.7 Å². The van der Waals surface area contributed by atoms with Crippen molar-refractivity contribution in [2.45, 2.75) is 83.0 Å². The Bertz CT molecular complexity index is 802. The second-order valence-corrected chi connectivity index (χ2v) is 9.09. The highest BCUT2D eigenvalue weighted by Crippen LogP contribution is 2.08. The third kappa shape index (κ3) is 15.3. The monoisotopic (exact) mass is 530 g/mol. The number of aliphatic imine (C=N–C) groups is 1. The number of nitrogens with one attached hydrogen (secondary N) is 3. The summed E-state index contributed by atoms with van der Waals surface area (Å²) in [5.41, 5.74) is 21.9. The molecule has 37 heavy (non-hydrogen) atoms. The number of carbonyl (C=O) groups excluding carboxylic acids is 3. The highest BCUT2D eigenvalue weighted by Gasteiger charge is 2.31. The first kappa shape index (κ1) is 33.5. The molecule has 4 atom stereocenters. The largest absolute Gasteiger partial charge is 0.481 e. The molecule has 13 N–H and O–H groups in total. The fourth-order valence-electron chi connectivity index (χ4n) is 3.31. The van der Waals surface area contributed by atoms with Gasteiger partial charge in [0.1, 0.15) is 18.1 Å². The zero-order chi connectivity index (χ0) is 28.5. The summed E-state index contributed by atoms with van der Waals surface area (Å²) < 4.78 is 0. The Morgan fingerprint density at radius 3 is 1.89 bits per heavy atom. The molecule has 0 rings (SSSR count). The van der Waals surface area contributed by atoms with Crippen LogP contribution in [0, 0.1) is 5.92 Å². The molecule has 0 aromatic heterocycles. The molecule has 0 heterocycles. The molecule has 3 amide bonds. The lowest BCUT2D eigenvalue weighted by molar-refractivity contribution is -0.144.